The summed E-state index contributed by atoms with van der Waals surface area (Å²) in [4.78, 5) is 5.88. The molecule has 2 atom stereocenters. The van der Waals surface area contributed by atoms with Crippen molar-refractivity contribution in [2.24, 2.45) is 5.92 Å². The monoisotopic (exact) mass is 362 g/mol. The number of para-hydroxylation sites is 1. The lowest BCUT2D eigenvalue weighted by atomic mass is 10.0. The van der Waals surface area contributed by atoms with Crippen molar-refractivity contribution >= 4 is 5.70 Å². The molecule has 1 saturated heterocycles. The Kier molecular flexibility index (Phi) is 4.38. The van der Waals surface area contributed by atoms with Crippen molar-refractivity contribution in [3.05, 3.63) is 71.3 Å². The molecule has 4 nitrogen and oxygen atoms in total. The quantitative estimate of drug-likeness (QED) is 0.577. The molecule has 0 aromatic heterocycles. The van der Waals surface area contributed by atoms with Crippen LogP contribution in [0.25, 0.3) is 5.70 Å². The molecule has 0 radical (unpaired) electrons. The minimum atomic E-state index is -0.323. The first kappa shape index (κ1) is 16.8. The maximum atomic E-state index is 6.44. The summed E-state index contributed by atoms with van der Waals surface area (Å²) in [6, 6.07) is 18.7. The Morgan fingerprint density at radius 3 is 2.81 bits per heavy atom. The third-order valence-electron chi connectivity index (χ3n) is 5.97. The molecular weight excluding hydrogens is 336 g/mol. The van der Waals surface area contributed by atoms with Crippen LogP contribution in [0.3, 0.4) is 0 Å². The van der Waals surface area contributed by atoms with Crippen molar-refractivity contribution < 1.29 is 9.57 Å². The molecule has 2 aromatic carbocycles. The van der Waals surface area contributed by atoms with Crippen LogP contribution >= 0.6 is 0 Å². The zero-order valence-corrected chi connectivity index (χ0v) is 15.5. The minimum absolute atomic E-state index is 0.323. The van der Waals surface area contributed by atoms with Crippen molar-refractivity contribution in [2.45, 2.75) is 31.3 Å². The van der Waals surface area contributed by atoms with E-state index in [1.165, 1.54) is 30.5 Å². The Bertz CT molecular complexity index is 842. The van der Waals surface area contributed by atoms with Gasteiger partial charge in [-0.1, -0.05) is 42.5 Å². The van der Waals surface area contributed by atoms with E-state index < -0.39 is 0 Å². The number of fused-ring (bicyclic) bond motifs is 2. The molecule has 0 amide bonds. The Hall–Kier alpha value is -2.30. The van der Waals surface area contributed by atoms with Gasteiger partial charge in [0.2, 0.25) is 0 Å². The summed E-state index contributed by atoms with van der Waals surface area (Å²) in [6.45, 7) is 3.06. The second kappa shape index (κ2) is 7.02. The molecule has 27 heavy (non-hydrogen) atoms. The van der Waals surface area contributed by atoms with Crippen molar-refractivity contribution in [1.29, 1.82) is 0 Å². The molecule has 5 rings (SSSR count). The van der Waals surface area contributed by atoms with Crippen LogP contribution in [0, 0.1) is 5.92 Å². The smallest absolute Gasteiger partial charge is 0.162 e. The lowest BCUT2D eigenvalue weighted by Gasteiger charge is -2.26. The first-order valence-electron chi connectivity index (χ1n) is 10.0. The molecule has 2 aliphatic heterocycles. The highest BCUT2D eigenvalue weighted by Crippen LogP contribution is 2.60. The first-order valence-corrected chi connectivity index (χ1v) is 10.0. The Balaban J connectivity index is 1.30. The molecule has 1 saturated carbocycles. The number of nitrogens with one attached hydrogen (secondary N) is 2. The summed E-state index contributed by atoms with van der Waals surface area (Å²) in [6.07, 6.45) is 4.52. The van der Waals surface area contributed by atoms with Crippen LogP contribution in [0.2, 0.25) is 0 Å². The van der Waals surface area contributed by atoms with Gasteiger partial charge in [-0.2, -0.15) is 0 Å². The van der Waals surface area contributed by atoms with Gasteiger partial charge in [-0.25, -0.2) is 0 Å². The van der Waals surface area contributed by atoms with E-state index in [0.29, 0.717) is 0 Å². The van der Waals surface area contributed by atoms with E-state index in [2.05, 4.69) is 47.2 Å². The van der Waals surface area contributed by atoms with Crippen LogP contribution in [0.15, 0.2) is 60.2 Å². The number of rotatable bonds is 7. The summed E-state index contributed by atoms with van der Waals surface area (Å²) in [5, 5.41) is 3.43. The summed E-state index contributed by atoms with van der Waals surface area (Å²) in [5.74, 6) is 1.74. The lowest BCUT2D eigenvalue weighted by molar-refractivity contribution is 0.0714. The molecule has 0 spiro atoms. The highest BCUT2D eigenvalue weighted by molar-refractivity contribution is 5.80. The fourth-order valence-electron chi connectivity index (χ4n) is 4.39. The summed E-state index contributed by atoms with van der Waals surface area (Å²) in [5.41, 5.74) is 7.63. The lowest BCUT2D eigenvalue weighted by Crippen LogP contribution is -2.24. The van der Waals surface area contributed by atoms with Crippen LogP contribution < -0.4 is 15.5 Å². The predicted molar refractivity (Wildman–Crippen MR) is 106 cm³/mol. The van der Waals surface area contributed by atoms with Gasteiger partial charge in [-0.15, -0.1) is 0 Å². The number of hydrogen-bond donors (Lipinski definition) is 2. The van der Waals surface area contributed by atoms with E-state index >= 15 is 0 Å². The topological polar surface area (TPSA) is 42.5 Å². The summed E-state index contributed by atoms with van der Waals surface area (Å²) >= 11 is 0. The SMILES string of the molecule is c1ccc(C23CC2=C(NOCCCC2CCNC2)c2ccccc2O3)cc1. The van der Waals surface area contributed by atoms with Gasteiger partial charge in [0.1, 0.15) is 5.75 Å². The molecule has 2 fully saturated rings. The molecule has 2 aromatic rings. The van der Waals surface area contributed by atoms with E-state index in [1.54, 1.807) is 0 Å². The molecule has 0 bridgehead atoms. The largest absolute Gasteiger partial charge is 0.477 e. The van der Waals surface area contributed by atoms with Gasteiger partial charge < -0.3 is 10.1 Å². The van der Waals surface area contributed by atoms with Gasteiger partial charge in [-0.05, 0) is 50.4 Å². The molecule has 4 heteroatoms. The molecule has 2 heterocycles. The molecule has 1 aliphatic carbocycles. The Morgan fingerprint density at radius 2 is 1.96 bits per heavy atom. The molecule has 2 unspecified atom stereocenters. The Morgan fingerprint density at radius 1 is 1.11 bits per heavy atom. The normalized spacial score (nSPS) is 25.6. The predicted octanol–water partition coefficient (Wildman–Crippen LogP) is 4.00. The Labute approximate surface area is 160 Å². The molecule has 2 N–H and O–H groups in total. The maximum Gasteiger partial charge on any atom is 0.162 e. The number of benzene rings is 2. The number of ether oxygens (including phenoxy) is 1. The van der Waals surface area contributed by atoms with Gasteiger partial charge >= 0.3 is 0 Å². The number of hydrogen-bond acceptors (Lipinski definition) is 4. The standard InChI is InChI=1S/C23H26N2O2/c1-2-8-18(9-3-1)23-15-20(23)22(19-10-4-5-11-21(19)27-23)25-26-14-6-7-17-12-13-24-16-17/h1-5,8-11,17,24-25H,6-7,12-16H2. The fourth-order valence-corrected chi connectivity index (χ4v) is 4.39. The van der Waals surface area contributed by atoms with Crippen molar-refractivity contribution in [1.82, 2.24) is 10.8 Å². The third-order valence-corrected chi connectivity index (χ3v) is 5.97. The van der Waals surface area contributed by atoms with Crippen LogP contribution in [0.4, 0.5) is 0 Å². The summed E-state index contributed by atoms with van der Waals surface area (Å²) in [7, 11) is 0. The highest BCUT2D eigenvalue weighted by Gasteiger charge is 2.58. The molecule has 140 valence electrons. The van der Waals surface area contributed by atoms with Crippen LogP contribution in [0.5, 0.6) is 5.75 Å². The average molecular weight is 362 g/mol. The zero-order valence-electron chi connectivity index (χ0n) is 15.5. The number of hydroxylamine groups is 1. The highest BCUT2D eigenvalue weighted by atomic mass is 16.6. The van der Waals surface area contributed by atoms with Crippen LogP contribution in [-0.4, -0.2) is 19.7 Å². The van der Waals surface area contributed by atoms with E-state index in [0.717, 1.165) is 48.9 Å². The van der Waals surface area contributed by atoms with E-state index in [4.69, 9.17) is 9.57 Å². The van der Waals surface area contributed by atoms with E-state index in [9.17, 15) is 0 Å². The third kappa shape index (κ3) is 3.13. The molecule has 3 aliphatic rings. The van der Waals surface area contributed by atoms with Gasteiger partial charge in [0.05, 0.1) is 12.3 Å². The van der Waals surface area contributed by atoms with Gasteiger partial charge in [-0.3, -0.25) is 10.3 Å². The van der Waals surface area contributed by atoms with Crippen LogP contribution in [-0.2, 0) is 10.4 Å². The van der Waals surface area contributed by atoms with Gasteiger partial charge in [0, 0.05) is 23.1 Å². The minimum Gasteiger partial charge on any atom is -0.477 e. The van der Waals surface area contributed by atoms with Crippen molar-refractivity contribution in [3.63, 3.8) is 0 Å². The van der Waals surface area contributed by atoms with Gasteiger partial charge in [0.25, 0.3) is 0 Å². The maximum absolute atomic E-state index is 6.44. The van der Waals surface area contributed by atoms with E-state index in [1.807, 2.05) is 18.2 Å². The van der Waals surface area contributed by atoms with Crippen molar-refractivity contribution in [3.8, 4) is 5.75 Å². The van der Waals surface area contributed by atoms with Crippen LogP contribution in [0.1, 0.15) is 36.8 Å². The average Bonchev–Trinajstić information content (AvgIpc) is 3.22. The van der Waals surface area contributed by atoms with Gasteiger partial charge in [0.15, 0.2) is 5.60 Å². The second-order valence-corrected chi connectivity index (χ2v) is 7.77. The first-order chi connectivity index (χ1) is 13.4. The second-order valence-electron chi connectivity index (χ2n) is 7.77. The van der Waals surface area contributed by atoms with Crippen molar-refractivity contribution in [2.75, 3.05) is 19.7 Å². The fraction of sp³-hybridized carbons (Fsp3) is 0.391. The molecular formula is C23H26N2O2. The summed E-state index contributed by atoms with van der Waals surface area (Å²) < 4.78 is 6.44. The van der Waals surface area contributed by atoms with E-state index in [-0.39, 0.29) is 5.60 Å². The zero-order chi connectivity index (χ0) is 18.1.